The predicted molar refractivity (Wildman–Crippen MR) is 98.5 cm³/mol. The Morgan fingerprint density at radius 1 is 1.00 bits per heavy atom. The first-order valence-electron chi connectivity index (χ1n) is 8.30. The molecule has 0 spiro atoms. The summed E-state index contributed by atoms with van der Waals surface area (Å²) >= 11 is 0. The van der Waals surface area contributed by atoms with Gasteiger partial charge in [-0.3, -0.25) is 25.7 Å². The lowest BCUT2D eigenvalue weighted by atomic mass is 9.80. The Kier molecular flexibility index (Phi) is 4.92. The molecule has 1 fully saturated rings. The van der Waals surface area contributed by atoms with Crippen LogP contribution in [0.2, 0.25) is 0 Å². The zero-order valence-corrected chi connectivity index (χ0v) is 14.0. The average molecular weight is 354 g/mol. The van der Waals surface area contributed by atoms with Gasteiger partial charge in [0.1, 0.15) is 5.69 Å². The third kappa shape index (κ3) is 3.53. The minimum absolute atomic E-state index is 0.123. The number of rotatable bonds is 6. The highest BCUT2D eigenvalue weighted by Gasteiger charge is 2.34. The van der Waals surface area contributed by atoms with Crippen LogP contribution in [0.5, 0.6) is 0 Å². The Labute approximate surface area is 149 Å². The molecule has 0 unspecified atom stereocenters. The third-order valence-corrected chi connectivity index (χ3v) is 4.73. The molecular weight excluding hydrogens is 336 g/mol. The van der Waals surface area contributed by atoms with Crippen molar-refractivity contribution in [1.29, 1.82) is 0 Å². The van der Waals surface area contributed by atoms with Crippen molar-refractivity contribution in [2.75, 3.05) is 5.43 Å². The molecule has 26 heavy (non-hydrogen) atoms. The van der Waals surface area contributed by atoms with Crippen molar-refractivity contribution in [2.24, 2.45) is 5.10 Å². The molecule has 1 N–H and O–H groups in total. The minimum Gasteiger partial charge on any atom is -0.272 e. The number of hydrogen-bond donors (Lipinski definition) is 1. The summed E-state index contributed by atoms with van der Waals surface area (Å²) in [6, 6.07) is 13.5. The van der Waals surface area contributed by atoms with Crippen LogP contribution in [0.1, 0.15) is 31.2 Å². The summed E-state index contributed by atoms with van der Waals surface area (Å²) in [6.07, 6.45) is 5.92. The smallest absolute Gasteiger partial charge is 0.272 e. The van der Waals surface area contributed by atoms with Gasteiger partial charge < -0.3 is 0 Å². The van der Waals surface area contributed by atoms with Crippen LogP contribution in [-0.2, 0) is 5.41 Å². The molecule has 1 aliphatic carbocycles. The molecule has 1 aliphatic rings. The van der Waals surface area contributed by atoms with E-state index in [2.05, 4.69) is 22.7 Å². The topological polar surface area (TPSA) is 111 Å². The molecule has 0 bridgehead atoms. The van der Waals surface area contributed by atoms with Crippen LogP contribution in [0, 0.1) is 20.2 Å². The lowest BCUT2D eigenvalue weighted by molar-refractivity contribution is -0.393. The predicted octanol–water partition coefficient (Wildman–Crippen LogP) is 4.41. The van der Waals surface area contributed by atoms with Gasteiger partial charge in [-0.25, -0.2) is 0 Å². The lowest BCUT2D eigenvalue weighted by Crippen LogP contribution is -2.24. The maximum absolute atomic E-state index is 11.2. The van der Waals surface area contributed by atoms with Crippen LogP contribution in [0.4, 0.5) is 17.1 Å². The fourth-order valence-electron chi connectivity index (χ4n) is 3.37. The summed E-state index contributed by atoms with van der Waals surface area (Å²) in [5.41, 5.74) is 3.08. The van der Waals surface area contributed by atoms with E-state index in [-0.39, 0.29) is 22.5 Å². The lowest BCUT2D eigenvalue weighted by Gasteiger charge is -2.24. The van der Waals surface area contributed by atoms with E-state index in [1.54, 1.807) is 6.21 Å². The fraction of sp³-hybridized carbons (Fsp3) is 0.278. The first kappa shape index (κ1) is 17.5. The Morgan fingerprint density at radius 3 is 2.31 bits per heavy atom. The van der Waals surface area contributed by atoms with Gasteiger partial charge in [0.25, 0.3) is 5.69 Å². The van der Waals surface area contributed by atoms with Crippen molar-refractivity contribution in [3.8, 4) is 0 Å². The van der Waals surface area contributed by atoms with Gasteiger partial charge in [0.2, 0.25) is 0 Å². The van der Waals surface area contributed by atoms with Crippen LogP contribution in [0.25, 0.3) is 0 Å². The molecule has 0 heterocycles. The van der Waals surface area contributed by atoms with Gasteiger partial charge in [-0.05, 0) is 24.5 Å². The van der Waals surface area contributed by atoms with Gasteiger partial charge in [-0.15, -0.1) is 0 Å². The van der Waals surface area contributed by atoms with E-state index in [1.165, 1.54) is 17.7 Å². The standard InChI is InChI=1S/C18H18N4O4/c23-21(24)15-8-9-16(17(12-15)22(25)26)20-19-13-18(10-4-5-11-18)14-6-2-1-3-7-14/h1-3,6-9,12-13,20H,4-5,10-11H2/b19-13+. The first-order chi connectivity index (χ1) is 12.5. The van der Waals surface area contributed by atoms with Crippen LogP contribution in [-0.4, -0.2) is 16.1 Å². The first-order valence-corrected chi connectivity index (χ1v) is 8.30. The quantitative estimate of drug-likeness (QED) is 0.469. The van der Waals surface area contributed by atoms with Gasteiger partial charge in [0.15, 0.2) is 0 Å². The maximum Gasteiger partial charge on any atom is 0.301 e. The molecule has 0 atom stereocenters. The zero-order valence-electron chi connectivity index (χ0n) is 14.0. The van der Waals surface area contributed by atoms with Gasteiger partial charge >= 0.3 is 5.69 Å². The molecular formula is C18H18N4O4. The Morgan fingerprint density at radius 2 is 1.69 bits per heavy atom. The number of benzene rings is 2. The van der Waals surface area contributed by atoms with E-state index < -0.39 is 9.85 Å². The van der Waals surface area contributed by atoms with Crippen molar-refractivity contribution in [3.05, 3.63) is 74.3 Å². The molecule has 3 rings (SSSR count). The maximum atomic E-state index is 11.2. The Hall–Kier alpha value is -3.29. The molecule has 0 radical (unpaired) electrons. The van der Waals surface area contributed by atoms with E-state index in [9.17, 15) is 20.2 Å². The molecule has 0 amide bonds. The summed E-state index contributed by atoms with van der Waals surface area (Å²) in [6.45, 7) is 0. The van der Waals surface area contributed by atoms with E-state index >= 15 is 0 Å². The molecule has 2 aromatic rings. The minimum atomic E-state index is -0.664. The normalized spacial score (nSPS) is 15.8. The Bertz CT molecular complexity index is 846. The summed E-state index contributed by atoms with van der Waals surface area (Å²) in [4.78, 5) is 20.7. The second-order valence-corrected chi connectivity index (χ2v) is 6.31. The number of hydrogen-bond acceptors (Lipinski definition) is 6. The molecule has 8 nitrogen and oxygen atoms in total. The molecule has 2 aromatic carbocycles. The Balaban J connectivity index is 1.85. The highest BCUT2D eigenvalue weighted by molar-refractivity contribution is 5.76. The van der Waals surface area contributed by atoms with Gasteiger partial charge in [0, 0.05) is 17.7 Å². The van der Waals surface area contributed by atoms with E-state index in [1.807, 2.05) is 18.2 Å². The van der Waals surface area contributed by atoms with Crippen molar-refractivity contribution in [2.45, 2.75) is 31.1 Å². The number of nitrogens with one attached hydrogen (secondary N) is 1. The number of non-ortho nitro benzene ring substituents is 1. The van der Waals surface area contributed by atoms with Crippen LogP contribution >= 0.6 is 0 Å². The van der Waals surface area contributed by atoms with Crippen molar-refractivity contribution < 1.29 is 9.85 Å². The van der Waals surface area contributed by atoms with Crippen LogP contribution in [0.3, 0.4) is 0 Å². The van der Waals surface area contributed by atoms with Crippen LogP contribution in [0.15, 0.2) is 53.6 Å². The second-order valence-electron chi connectivity index (χ2n) is 6.31. The second kappa shape index (κ2) is 7.30. The van der Waals surface area contributed by atoms with Gasteiger partial charge in [0.05, 0.1) is 15.9 Å². The fourth-order valence-corrected chi connectivity index (χ4v) is 3.37. The van der Waals surface area contributed by atoms with Crippen LogP contribution < -0.4 is 5.43 Å². The highest BCUT2D eigenvalue weighted by atomic mass is 16.6. The van der Waals surface area contributed by atoms with E-state index in [4.69, 9.17) is 0 Å². The van der Waals surface area contributed by atoms with E-state index in [0.29, 0.717) is 0 Å². The third-order valence-electron chi connectivity index (χ3n) is 4.73. The largest absolute Gasteiger partial charge is 0.301 e. The average Bonchev–Trinajstić information content (AvgIpc) is 3.12. The zero-order chi connectivity index (χ0) is 18.6. The summed E-state index contributed by atoms with van der Waals surface area (Å²) in [5.74, 6) is 0. The van der Waals surface area contributed by atoms with Gasteiger partial charge in [-0.2, -0.15) is 5.10 Å². The monoisotopic (exact) mass is 354 g/mol. The van der Waals surface area contributed by atoms with Crippen molar-refractivity contribution >= 4 is 23.3 Å². The number of hydrazone groups is 1. The molecule has 0 aromatic heterocycles. The molecule has 134 valence electrons. The number of anilines is 1. The summed E-state index contributed by atoms with van der Waals surface area (Å²) < 4.78 is 0. The van der Waals surface area contributed by atoms with Crippen molar-refractivity contribution in [3.63, 3.8) is 0 Å². The van der Waals surface area contributed by atoms with E-state index in [0.717, 1.165) is 31.7 Å². The highest BCUT2D eigenvalue weighted by Crippen LogP contribution is 2.39. The molecule has 0 saturated heterocycles. The number of nitro groups is 2. The number of nitrogens with zero attached hydrogens (tertiary/aromatic N) is 3. The molecule has 0 aliphatic heterocycles. The number of nitro benzene ring substituents is 2. The SMILES string of the molecule is O=[N+]([O-])c1ccc(N/N=C/C2(c3ccccc3)CCCC2)c([N+](=O)[O-])c1. The van der Waals surface area contributed by atoms with Gasteiger partial charge in [-0.1, -0.05) is 43.2 Å². The van der Waals surface area contributed by atoms with Crippen molar-refractivity contribution in [1.82, 2.24) is 0 Å². The molecule has 8 heteroatoms. The summed E-state index contributed by atoms with van der Waals surface area (Å²) in [5, 5.41) is 26.2. The molecule has 1 saturated carbocycles. The summed E-state index contributed by atoms with van der Waals surface area (Å²) in [7, 11) is 0.